The van der Waals surface area contributed by atoms with Gasteiger partial charge in [-0.25, -0.2) is 4.98 Å². The molecule has 0 N–H and O–H groups in total. The van der Waals surface area contributed by atoms with E-state index in [2.05, 4.69) is 38.3 Å². The Kier molecular flexibility index (Phi) is 5.33. The fourth-order valence-corrected chi connectivity index (χ4v) is 3.78. The summed E-state index contributed by atoms with van der Waals surface area (Å²) in [7, 11) is 4.19. The molecule has 0 bridgehead atoms. The van der Waals surface area contributed by atoms with E-state index in [0.29, 0.717) is 11.9 Å². The SMILES string of the molecule is CN1CCN(C)[C@@H](C(=O)N2CCCCC2CCn2ccnc2)C1. The van der Waals surface area contributed by atoms with E-state index in [1.165, 1.54) is 6.42 Å². The van der Waals surface area contributed by atoms with Crippen LogP contribution in [0, 0.1) is 0 Å². The molecule has 2 fully saturated rings. The number of carbonyl (C=O) groups is 1. The van der Waals surface area contributed by atoms with Crippen LogP contribution in [0.15, 0.2) is 18.7 Å². The fourth-order valence-electron chi connectivity index (χ4n) is 3.78. The van der Waals surface area contributed by atoms with Gasteiger partial charge in [-0.2, -0.15) is 0 Å². The van der Waals surface area contributed by atoms with E-state index >= 15 is 0 Å². The number of likely N-dealkylation sites (tertiary alicyclic amines) is 1. The van der Waals surface area contributed by atoms with Crippen LogP contribution in [0.1, 0.15) is 25.7 Å². The average Bonchev–Trinajstić information content (AvgIpc) is 3.08. The number of hydrogen-bond donors (Lipinski definition) is 0. The van der Waals surface area contributed by atoms with Gasteiger partial charge in [0, 0.05) is 51.2 Å². The third-order valence-corrected chi connectivity index (χ3v) is 5.33. The third-order valence-electron chi connectivity index (χ3n) is 5.33. The second-order valence-corrected chi connectivity index (χ2v) is 7.03. The van der Waals surface area contributed by atoms with Crippen molar-refractivity contribution in [1.82, 2.24) is 24.3 Å². The highest BCUT2D eigenvalue weighted by Crippen LogP contribution is 2.23. The maximum absolute atomic E-state index is 13.1. The second-order valence-electron chi connectivity index (χ2n) is 7.03. The Morgan fingerprint density at radius 1 is 1.22 bits per heavy atom. The molecule has 1 aromatic rings. The van der Waals surface area contributed by atoms with Gasteiger partial charge in [0.25, 0.3) is 0 Å². The number of hydrogen-bond acceptors (Lipinski definition) is 4. The molecule has 0 aliphatic carbocycles. The summed E-state index contributed by atoms with van der Waals surface area (Å²) in [6.07, 6.45) is 10.2. The topological polar surface area (TPSA) is 44.6 Å². The fraction of sp³-hybridized carbons (Fsp3) is 0.765. The zero-order valence-corrected chi connectivity index (χ0v) is 14.4. The van der Waals surface area contributed by atoms with Gasteiger partial charge in [-0.3, -0.25) is 9.69 Å². The molecule has 3 heterocycles. The van der Waals surface area contributed by atoms with Gasteiger partial charge >= 0.3 is 0 Å². The molecular formula is C17H29N5O. The van der Waals surface area contributed by atoms with Crippen molar-refractivity contribution in [3.05, 3.63) is 18.7 Å². The molecule has 2 atom stereocenters. The van der Waals surface area contributed by atoms with Crippen molar-refractivity contribution in [2.24, 2.45) is 0 Å². The summed E-state index contributed by atoms with van der Waals surface area (Å²) in [5.74, 6) is 0.328. The summed E-state index contributed by atoms with van der Waals surface area (Å²) in [5.41, 5.74) is 0. The first-order valence-corrected chi connectivity index (χ1v) is 8.80. The average molecular weight is 319 g/mol. The van der Waals surface area contributed by atoms with E-state index in [1.54, 1.807) is 0 Å². The molecule has 0 aromatic carbocycles. The van der Waals surface area contributed by atoms with Crippen molar-refractivity contribution < 1.29 is 4.79 Å². The van der Waals surface area contributed by atoms with Gasteiger partial charge in [0.05, 0.1) is 6.33 Å². The van der Waals surface area contributed by atoms with Gasteiger partial charge in [0.15, 0.2) is 0 Å². The Hall–Kier alpha value is -1.40. The molecule has 6 heteroatoms. The molecule has 2 aliphatic heterocycles. The van der Waals surface area contributed by atoms with E-state index in [4.69, 9.17) is 0 Å². The van der Waals surface area contributed by atoms with Crippen LogP contribution in [0.25, 0.3) is 0 Å². The summed E-state index contributed by atoms with van der Waals surface area (Å²) in [4.78, 5) is 23.9. The lowest BCUT2D eigenvalue weighted by molar-refractivity contribution is -0.142. The first-order chi connectivity index (χ1) is 11.1. The number of amides is 1. The maximum atomic E-state index is 13.1. The number of imidazole rings is 1. The Morgan fingerprint density at radius 2 is 2.09 bits per heavy atom. The summed E-state index contributed by atoms with van der Waals surface area (Å²) in [5, 5.41) is 0. The first-order valence-electron chi connectivity index (χ1n) is 8.80. The normalized spacial score (nSPS) is 27.3. The van der Waals surface area contributed by atoms with Crippen molar-refractivity contribution in [3.63, 3.8) is 0 Å². The predicted molar refractivity (Wildman–Crippen MR) is 90.1 cm³/mol. The highest BCUT2D eigenvalue weighted by atomic mass is 16.2. The molecule has 1 unspecified atom stereocenters. The number of rotatable bonds is 4. The number of aryl methyl sites for hydroxylation is 1. The van der Waals surface area contributed by atoms with Crippen LogP contribution in [0.5, 0.6) is 0 Å². The van der Waals surface area contributed by atoms with Crippen molar-refractivity contribution in [3.8, 4) is 0 Å². The van der Waals surface area contributed by atoms with E-state index in [1.807, 2.05) is 18.7 Å². The molecule has 128 valence electrons. The summed E-state index contributed by atoms with van der Waals surface area (Å²) in [6.45, 7) is 4.72. The molecule has 1 amide bonds. The van der Waals surface area contributed by atoms with Gasteiger partial charge < -0.3 is 14.4 Å². The Bertz CT molecular complexity index is 503. The van der Waals surface area contributed by atoms with E-state index in [0.717, 1.165) is 52.0 Å². The smallest absolute Gasteiger partial charge is 0.241 e. The number of likely N-dealkylation sites (N-methyl/N-ethyl adjacent to an activating group) is 2. The van der Waals surface area contributed by atoms with Crippen LogP contribution < -0.4 is 0 Å². The number of aromatic nitrogens is 2. The molecular weight excluding hydrogens is 290 g/mol. The predicted octanol–water partition coefficient (Wildman–Crippen LogP) is 0.900. The zero-order chi connectivity index (χ0) is 16.2. The Labute approximate surface area is 139 Å². The van der Waals surface area contributed by atoms with Gasteiger partial charge in [0.1, 0.15) is 6.04 Å². The monoisotopic (exact) mass is 319 g/mol. The summed E-state index contributed by atoms with van der Waals surface area (Å²) in [6, 6.07) is 0.391. The summed E-state index contributed by atoms with van der Waals surface area (Å²) >= 11 is 0. The van der Waals surface area contributed by atoms with Crippen molar-refractivity contribution >= 4 is 5.91 Å². The molecule has 1 aromatic heterocycles. The molecule has 23 heavy (non-hydrogen) atoms. The number of carbonyl (C=O) groups excluding carboxylic acids is 1. The second kappa shape index (κ2) is 7.45. The van der Waals surface area contributed by atoms with Crippen molar-refractivity contribution in [2.45, 2.75) is 44.3 Å². The van der Waals surface area contributed by atoms with Crippen LogP contribution in [-0.4, -0.2) is 82.5 Å². The quantitative estimate of drug-likeness (QED) is 0.827. The Morgan fingerprint density at radius 3 is 2.87 bits per heavy atom. The summed E-state index contributed by atoms with van der Waals surface area (Å²) < 4.78 is 2.11. The molecule has 2 aliphatic rings. The largest absolute Gasteiger partial charge is 0.338 e. The van der Waals surface area contributed by atoms with Crippen LogP contribution in [0.3, 0.4) is 0 Å². The number of piperidine rings is 1. The van der Waals surface area contributed by atoms with Crippen molar-refractivity contribution in [1.29, 1.82) is 0 Å². The van der Waals surface area contributed by atoms with Gasteiger partial charge in [-0.1, -0.05) is 0 Å². The van der Waals surface area contributed by atoms with E-state index in [9.17, 15) is 4.79 Å². The Balaban J connectivity index is 1.63. The van der Waals surface area contributed by atoms with Gasteiger partial charge in [0.2, 0.25) is 5.91 Å². The first kappa shape index (κ1) is 16.5. The zero-order valence-electron chi connectivity index (χ0n) is 14.4. The molecule has 2 saturated heterocycles. The van der Waals surface area contributed by atoms with Crippen molar-refractivity contribution in [2.75, 3.05) is 40.3 Å². The maximum Gasteiger partial charge on any atom is 0.241 e. The van der Waals surface area contributed by atoms with Crippen LogP contribution in [0.2, 0.25) is 0 Å². The third kappa shape index (κ3) is 3.93. The molecule has 0 spiro atoms. The minimum absolute atomic E-state index is 0.0163. The number of piperazine rings is 1. The molecule has 3 rings (SSSR count). The lowest BCUT2D eigenvalue weighted by Gasteiger charge is -2.43. The van der Waals surface area contributed by atoms with E-state index < -0.39 is 0 Å². The minimum Gasteiger partial charge on any atom is -0.338 e. The molecule has 6 nitrogen and oxygen atoms in total. The highest BCUT2D eigenvalue weighted by molar-refractivity contribution is 5.82. The molecule has 0 radical (unpaired) electrons. The lowest BCUT2D eigenvalue weighted by atomic mass is 9.97. The standard InChI is InChI=1S/C17H29N5O/c1-19-11-12-20(2)16(13-19)17(23)22-8-4-3-5-15(22)6-9-21-10-7-18-14-21/h7,10,14-16H,3-6,8-9,11-13H2,1-2H3/t15?,16-/m1/s1. The lowest BCUT2D eigenvalue weighted by Crippen LogP contribution is -2.59. The molecule has 0 saturated carbocycles. The van der Waals surface area contributed by atoms with Gasteiger partial charge in [-0.05, 0) is 39.8 Å². The highest BCUT2D eigenvalue weighted by Gasteiger charge is 2.35. The van der Waals surface area contributed by atoms with Crippen LogP contribution >= 0.6 is 0 Å². The van der Waals surface area contributed by atoms with Gasteiger partial charge in [-0.15, -0.1) is 0 Å². The van der Waals surface area contributed by atoms with Crippen LogP contribution in [-0.2, 0) is 11.3 Å². The minimum atomic E-state index is 0.0163. The van der Waals surface area contributed by atoms with Crippen LogP contribution in [0.4, 0.5) is 0 Å². The number of nitrogens with zero attached hydrogens (tertiary/aromatic N) is 5. The van der Waals surface area contributed by atoms with E-state index in [-0.39, 0.29) is 6.04 Å².